The second kappa shape index (κ2) is 10.7. The fraction of sp³-hybridized carbons (Fsp3) is 0.690. The van der Waals surface area contributed by atoms with Gasteiger partial charge in [-0.25, -0.2) is 0 Å². The van der Waals surface area contributed by atoms with E-state index in [4.69, 9.17) is 18.9 Å². The van der Waals surface area contributed by atoms with Gasteiger partial charge in [0.05, 0.1) is 44.3 Å². The van der Waals surface area contributed by atoms with E-state index in [-0.39, 0.29) is 5.79 Å². The summed E-state index contributed by atoms with van der Waals surface area (Å²) in [5, 5.41) is 1.12. The van der Waals surface area contributed by atoms with Gasteiger partial charge in [0.1, 0.15) is 12.4 Å². The predicted molar refractivity (Wildman–Crippen MR) is 141 cm³/mol. The van der Waals surface area contributed by atoms with Crippen LogP contribution in [0.25, 0.3) is 10.9 Å². The van der Waals surface area contributed by atoms with Crippen molar-refractivity contribution in [2.45, 2.75) is 57.2 Å². The summed E-state index contributed by atoms with van der Waals surface area (Å²) >= 11 is 0. The normalized spacial score (nSPS) is 24.7. The van der Waals surface area contributed by atoms with Gasteiger partial charge < -0.3 is 28.7 Å². The summed E-state index contributed by atoms with van der Waals surface area (Å²) in [6.45, 7) is 7.88. The zero-order valence-corrected chi connectivity index (χ0v) is 21.8. The molecular weight excluding hydrogens is 454 g/mol. The highest BCUT2D eigenvalue weighted by Crippen LogP contribution is 2.42. The molecule has 1 saturated carbocycles. The maximum atomic E-state index is 6.14. The zero-order chi connectivity index (χ0) is 24.4. The van der Waals surface area contributed by atoms with Gasteiger partial charge in [0.15, 0.2) is 11.5 Å². The van der Waals surface area contributed by atoms with Gasteiger partial charge in [-0.1, -0.05) is 6.42 Å². The third-order valence-electron chi connectivity index (χ3n) is 8.98. The molecular formula is C29H41N3O4. The highest BCUT2D eigenvalue weighted by atomic mass is 16.7. The lowest BCUT2D eigenvalue weighted by Crippen LogP contribution is -2.44. The quantitative estimate of drug-likeness (QED) is 0.543. The van der Waals surface area contributed by atoms with E-state index in [0.717, 1.165) is 67.7 Å². The molecule has 1 unspecified atom stereocenters. The molecule has 196 valence electrons. The molecule has 0 radical (unpaired) electrons. The van der Waals surface area contributed by atoms with Crippen molar-refractivity contribution < 1.29 is 18.9 Å². The van der Waals surface area contributed by atoms with Crippen LogP contribution in [0, 0.1) is 11.8 Å². The number of likely N-dealkylation sites (tertiary alicyclic amines) is 1. The Balaban J connectivity index is 1.02. The third kappa shape index (κ3) is 4.90. The molecule has 1 aromatic heterocycles. The predicted octanol–water partition coefficient (Wildman–Crippen LogP) is 4.87. The Labute approximate surface area is 215 Å². The van der Waals surface area contributed by atoms with Crippen LogP contribution >= 0.6 is 0 Å². The highest BCUT2D eigenvalue weighted by molar-refractivity contribution is 5.96. The van der Waals surface area contributed by atoms with Crippen LogP contribution in [0.3, 0.4) is 0 Å². The van der Waals surface area contributed by atoms with Crippen molar-refractivity contribution in [2.75, 3.05) is 64.6 Å². The number of piperidine rings is 1. The number of hydrogen-bond acceptors (Lipinski definition) is 7. The minimum absolute atomic E-state index is 0.255. The van der Waals surface area contributed by atoms with E-state index in [9.17, 15) is 0 Å². The van der Waals surface area contributed by atoms with E-state index >= 15 is 0 Å². The van der Waals surface area contributed by atoms with Crippen LogP contribution in [0.5, 0.6) is 11.5 Å². The molecule has 1 spiro atoms. The van der Waals surface area contributed by atoms with E-state index in [0.29, 0.717) is 5.92 Å². The van der Waals surface area contributed by atoms with Crippen molar-refractivity contribution >= 4 is 16.6 Å². The molecule has 3 aliphatic heterocycles. The molecule has 36 heavy (non-hydrogen) atoms. The van der Waals surface area contributed by atoms with E-state index in [1.165, 1.54) is 70.3 Å². The summed E-state index contributed by atoms with van der Waals surface area (Å²) in [7, 11) is 1.72. The average Bonchev–Trinajstić information content (AvgIpc) is 3.40. The molecule has 0 bridgehead atoms. The molecule has 1 atom stereocenters. The monoisotopic (exact) mass is 495 g/mol. The Morgan fingerprint density at radius 2 is 1.86 bits per heavy atom. The van der Waals surface area contributed by atoms with Crippen molar-refractivity contribution in [3.63, 3.8) is 0 Å². The average molecular weight is 496 g/mol. The number of aromatic nitrogens is 1. The molecule has 0 N–H and O–H groups in total. The Hall–Kier alpha value is -2.09. The van der Waals surface area contributed by atoms with Crippen LogP contribution in [0.2, 0.25) is 0 Å². The largest absolute Gasteiger partial charge is 0.497 e. The van der Waals surface area contributed by atoms with Crippen molar-refractivity contribution in [2.24, 2.45) is 11.8 Å². The molecule has 7 nitrogen and oxygen atoms in total. The minimum Gasteiger partial charge on any atom is -0.497 e. The number of benzene rings is 1. The van der Waals surface area contributed by atoms with Gasteiger partial charge in [-0.2, -0.15) is 0 Å². The van der Waals surface area contributed by atoms with Gasteiger partial charge >= 0.3 is 0 Å². The molecule has 7 heteroatoms. The lowest BCUT2D eigenvalue weighted by atomic mass is 9.81. The first-order valence-electron chi connectivity index (χ1n) is 14.1. The first-order chi connectivity index (χ1) is 17.7. The third-order valence-corrected chi connectivity index (χ3v) is 8.98. The van der Waals surface area contributed by atoms with E-state index in [1.54, 1.807) is 7.11 Å². The SMILES string of the molecule is COc1ccc2ncc3c(c2c1)N(CCC1CCN(CCC2CCCCC24OCCO4)CC1)CCO3. The zero-order valence-electron chi connectivity index (χ0n) is 21.8. The van der Waals surface area contributed by atoms with E-state index in [2.05, 4.69) is 20.9 Å². The number of anilines is 1. The van der Waals surface area contributed by atoms with Gasteiger partial charge in [-0.05, 0) is 82.3 Å². The Morgan fingerprint density at radius 1 is 1.00 bits per heavy atom. The molecule has 0 amide bonds. The first-order valence-corrected chi connectivity index (χ1v) is 14.1. The second-order valence-electron chi connectivity index (χ2n) is 11.0. The maximum Gasteiger partial charge on any atom is 0.171 e. The number of rotatable bonds is 7. The molecule has 4 aliphatic rings. The molecule has 2 aromatic rings. The van der Waals surface area contributed by atoms with Crippen LogP contribution in [0.15, 0.2) is 24.4 Å². The summed E-state index contributed by atoms with van der Waals surface area (Å²) < 4.78 is 23.8. The summed E-state index contributed by atoms with van der Waals surface area (Å²) in [5.41, 5.74) is 2.17. The fourth-order valence-corrected chi connectivity index (χ4v) is 6.88. The fourth-order valence-electron chi connectivity index (χ4n) is 6.88. The van der Waals surface area contributed by atoms with Gasteiger partial charge in [-0.15, -0.1) is 0 Å². The number of nitrogens with zero attached hydrogens (tertiary/aromatic N) is 3. The Morgan fingerprint density at radius 3 is 2.69 bits per heavy atom. The summed E-state index contributed by atoms with van der Waals surface area (Å²) in [5.74, 6) is 2.86. The lowest BCUT2D eigenvalue weighted by molar-refractivity contribution is -0.214. The van der Waals surface area contributed by atoms with E-state index in [1.807, 2.05) is 18.3 Å². The minimum atomic E-state index is -0.255. The number of fused-ring (bicyclic) bond motifs is 3. The van der Waals surface area contributed by atoms with Crippen molar-refractivity contribution in [1.29, 1.82) is 0 Å². The second-order valence-corrected chi connectivity index (χ2v) is 11.0. The molecule has 1 aromatic carbocycles. The van der Waals surface area contributed by atoms with Gasteiger partial charge in [0.2, 0.25) is 0 Å². The Kier molecular flexibility index (Phi) is 7.22. The smallest absolute Gasteiger partial charge is 0.171 e. The lowest BCUT2D eigenvalue weighted by Gasteiger charge is -2.41. The summed E-state index contributed by atoms with van der Waals surface area (Å²) in [6, 6.07) is 6.11. The van der Waals surface area contributed by atoms with Crippen LogP contribution in [0.1, 0.15) is 51.4 Å². The molecule has 4 heterocycles. The van der Waals surface area contributed by atoms with Gasteiger partial charge in [-0.3, -0.25) is 4.98 Å². The van der Waals surface area contributed by atoms with Crippen molar-refractivity contribution in [3.05, 3.63) is 24.4 Å². The highest BCUT2D eigenvalue weighted by Gasteiger charge is 2.45. The van der Waals surface area contributed by atoms with Gasteiger partial charge in [0.25, 0.3) is 0 Å². The first kappa shape index (κ1) is 24.3. The molecule has 6 rings (SSSR count). The summed E-state index contributed by atoms with van der Waals surface area (Å²) in [4.78, 5) is 9.81. The maximum absolute atomic E-state index is 6.14. The van der Waals surface area contributed by atoms with Crippen molar-refractivity contribution in [3.8, 4) is 11.5 Å². The number of pyridine rings is 1. The standard InChI is InChI=1S/C29H41N3O4/c1-33-24-5-6-26-25(20-24)28-27(21-30-26)34-17-16-32(28)15-9-22-7-12-31(13-8-22)14-10-23-4-2-3-11-29(23)35-18-19-36-29/h5-6,20-23H,2-4,7-19H2,1H3. The number of ether oxygens (including phenoxy) is 4. The Bertz CT molecular complexity index is 1030. The van der Waals surface area contributed by atoms with Crippen LogP contribution in [-0.4, -0.2) is 75.3 Å². The van der Waals surface area contributed by atoms with E-state index < -0.39 is 0 Å². The molecule has 3 fully saturated rings. The van der Waals surface area contributed by atoms with Crippen LogP contribution in [-0.2, 0) is 9.47 Å². The van der Waals surface area contributed by atoms with Gasteiger partial charge in [0, 0.05) is 24.3 Å². The van der Waals surface area contributed by atoms with Crippen LogP contribution in [0.4, 0.5) is 5.69 Å². The summed E-state index contributed by atoms with van der Waals surface area (Å²) in [6.07, 6.45) is 11.8. The topological polar surface area (TPSA) is 56.3 Å². The number of hydrogen-bond donors (Lipinski definition) is 0. The number of methoxy groups -OCH3 is 1. The molecule has 1 aliphatic carbocycles. The van der Waals surface area contributed by atoms with Crippen LogP contribution < -0.4 is 14.4 Å². The molecule has 2 saturated heterocycles. The van der Waals surface area contributed by atoms with Crippen molar-refractivity contribution in [1.82, 2.24) is 9.88 Å².